The van der Waals surface area contributed by atoms with Crippen molar-refractivity contribution in [1.29, 1.82) is 0 Å². The van der Waals surface area contributed by atoms with Crippen LogP contribution < -0.4 is 15.8 Å². The fourth-order valence-electron chi connectivity index (χ4n) is 1.12. The van der Waals surface area contributed by atoms with Gasteiger partial charge < -0.3 is 20.5 Å². The molecule has 0 spiro atoms. The summed E-state index contributed by atoms with van der Waals surface area (Å²) >= 11 is 0. The Morgan fingerprint density at radius 3 is 2.74 bits per heavy atom. The topological polar surface area (TPSA) is 95.2 Å². The molecule has 0 bridgehead atoms. The Morgan fingerprint density at radius 1 is 1.26 bits per heavy atom. The highest BCUT2D eigenvalue weighted by molar-refractivity contribution is 5.32. The van der Waals surface area contributed by atoms with Gasteiger partial charge in [-0.05, 0) is 6.42 Å². The van der Waals surface area contributed by atoms with Crippen LogP contribution in [0.25, 0.3) is 0 Å². The first kappa shape index (κ1) is 15.3. The molecule has 0 unspecified atom stereocenters. The molecule has 0 saturated carbocycles. The van der Waals surface area contributed by atoms with Crippen LogP contribution in [0.4, 0.5) is 20.7 Å². The number of anilines is 2. The molecular weight excluding hydrogens is 260 g/mol. The van der Waals surface area contributed by atoms with E-state index in [1.165, 1.54) is 0 Å². The van der Waals surface area contributed by atoms with Crippen LogP contribution in [0.2, 0.25) is 0 Å². The summed E-state index contributed by atoms with van der Waals surface area (Å²) in [5.41, 5.74) is 5.49. The minimum Gasteiger partial charge on any atom is -0.463 e. The number of ether oxygens (including phenoxy) is 2. The summed E-state index contributed by atoms with van der Waals surface area (Å²) in [7, 11) is 0. The highest BCUT2D eigenvalue weighted by Crippen LogP contribution is 2.08. The summed E-state index contributed by atoms with van der Waals surface area (Å²) < 4.78 is 33.5. The summed E-state index contributed by atoms with van der Waals surface area (Å²) in [6, 6.07) is 0.130. The normalized spacial score (nSPS) is 10.7. The molecule has 7 nitrogen and oxygen atoms in total. The standard InChI is InChI=1S/C10H17F2N5O2/c1-2-4-19-10-16-8(13)15-9(17-10)14-3-5-18-6-7(11)12/h7H,2-6H2,1H3,(H3,13,14,15,16,17). The summed E-state index contributed by atoms with van der Waals surface area (Å²) in [6.07, 6.45) is -1.66. The average molecular weight is 277 g/mol. The number of nitrogen functional groups attached to an aromatic ring is 1. The van der Waals surface area contributed by atoms with Crippen LogP contribution >= 0.6 is 0 Å². The maximum Gasteiger partial charge on any atom is 0.323 e. The molecule has 0 fully saturated rings. The number of nitrogens with one attached hydrogen (secondary N) is 1. The van der Waals surface area contributed by atoms with Crippen LogP contribution in [0.1, 0.15) is 13.3 Å². The molecular formula is C10H17F2N5O2. The van der Waals surface area contributed by atoms with E-state index in [1.807, 2.05) is 6.92 Å². The highest BCUT2D eigenvalue weighted by Gasteiger charge is 2.05. The number of rotatable bonds is 9. The Kier molecular flexibility index (Phi) is 6.72. The van der Waals surface area contributed by atoms with Crippen molar-refractivity contribution in [2.24, 2.45) is 0 Å². The maximum absolute atomic E-state index is 11.8. The van der Waals surface area contributed by atoms with Crippen LogP contribution in [-0.4, -0.2) is 47.7 Å². The lowest BCUT2D eigenvalue weighted by Crippen LogP contribution is -2.15. The van der Waals surface area contributed by atoms with Gasteiger partial charge in [-0.3, -0.25) is 0 Å². The Hall–Kier alpha value is -1.77. The Balaban J connectivity index is 2.38. The van der Waals surface area contributed by atoms with E-state index < -0.39 is 13.0 Å². The number of halogens is 2. The molecule has 0 radical (unpaired) electrons. The van der Waals surface area contributed by atoms with Crippen molar-refractivity contribution in [3.05, 3.63) is 0 Å². The first-order chi connectivity index (χ1) is 9.11. The van der Waals surface area contributed by atoms with Gasteiger partial charge in [0.2, 0.25) is 11.9 Å². The number of nitrogens with zero attached hydrogens (tertiary/aromatic N) is 3. The maximum atomic E-state index is 11.8. The molecule has 0 amide bonds. The van der Waals surface area contributed by atoms with Crippen molar-refractivity contribution in [2.45, 2.75) is 19.8 Å². The predicted octanol–water partition coefficient (Wildman–Crippen LogP) is 0.936. The molecule has 0 saturated heterocycles. The third-order valence-electron chi connectivity index (χ3n) is 1.84. The van der Waals surface area contributed by atoms with Gasteiger partial charge in [-0.2, -0.15) is 15.0 Å². The summed E-state index contributed by atoms with van der Waals surface area (Å²) in [5, 5.41) is 2.78. The van der Waals surface area contributed by atoms with Crippen LogP contribution in [-0.2, 0) is 4.74 Å². The molecule has 108 valence electrons. The van der Waals surface area contributed by atoms with Crippen molar-refractivity contribution >= 4 is 11.9 Å². The minimum atomic E-state index is -2.47. The molecule has 9 heteroatoms. The number of nitrogens with two attached hydrogens (primary N) is 1. The summed E-state index contributed by atoms with van der Waals surface area (Å²) in [6.45, 7) is 2.22. The van der Waals surface area contributed by atoms with Crippen molar-refractivity contribution in [2.75, 3.05) is 37.4 Å². The van der Waals surface area contributed by atoms with Crippen LogP contribution in [0, 0.1) is 0 Å². The molecule has 0 aliphatic heterocycles. The second kappa shape index (κ2) is 8.35. The third-order valence-corrected chi connectivity index (χ3v) is 1.84. The zero-order chi connectivity index (χ0) is 14.1. The van der Waals surface area contributed by atoms with E-state index in [1.54, 1.807) is 0 Å². The SMILES string of the molecule is CCCOc1nc(N)nc(NCCOCC(F)F)n1. The molecule has 0 aliphatic carbocycles. The molecule has 1 rings (SSSR count). The van der Waals surface area contributed by atoms with Gasteiger partial charge in [0.05, 0.1) is 13.2 Å². The quantitative estimate of drug-likeness (QED) is 0.648. The van der Waals surface area contributed by atoms with Gasteiger partial charge in [-0.1, -0.05) is 6.92 Å². The van der Waals surface area contributed by atoms with E-state index >= 15 is 0 Å². The molecule has 19 heavy (non-hydrogen) atoms. The van der Waals surface area contributed by atoms with Gasteiger partial charge in [0.25, 0.3) is 6.43 Å². The lowest BCUT2D eigenvalue weighted by molar-refractivity contribution is 0.0214. The van der Waals surface area contributed by atoms with Crippen LogP contribution in [0.15, 0.2) is 0 Å². The second-order valence-corrected chi connectivity index (χ2v) is 3.54. The zero-order valence-corrected chi connectivity index (χ0v) is 10.6. The molecule has 1 aromatic rings. The fourth-order valence-corrected chi connectivity index (χ4v) is 1.12. The fraction of sp³-hybridized carbons (Fsp3) is 0.700. The molecule has 0 atom stereocenters. The van der Waals surface area contributed by atoms with Crippen LogP contribution in [0.5, 0.6) is 6.01 Å². The lowest BCUT2D eigenvalue weighted by atomic mass is 10.5. The molecule has 1 heterocycles. The zero-order valence-electron chi connectivity index (χ0n) is 10.6. The second-order valence-electron chi connectivity index (χ2n) is 3.54. The van der Waals surface area contributed by atoms with Crippen molar-refractivity contribution in [3.8, 4) is 6.01 Å². The molecule has 3 N–H and O–H groups in total. The van der Waals surface area contributed by atoms with E-state index in [-0.39, 0.29) is 31.1 Å². The van der Waals surface area contributed by atoms with Crippen molar-refractivity contribution in [1.82, 2.24) is 15.0 Å². The average Bonchev–Trinajstić information content (AvgIpc) is 2.35. The van der Waals surface area contributed by atoms with Gasteiger partial charge in [0.15, 0.2) is 0 Å². The van der Waals surface area contributed by atoms with E-state index in [9.17, 15) is 8.78 Å². The van der Waals surface area contributed by atoms with Gasteiger partial charge in [0, 0.05) is 6.54 Å². The smallest absolute Gasteiger partial charge is 0.323 e. The van der Waals surface area contributed by atoms with Crippen molar-refractivity contribution < 1.29 is 18.3 Å². The Labute approximate surface area is 109 Å². The number of hydrogen-bond acceptors (Lipinski definition) is 7. The highest BCUT2D eigenvalue weighted by atomic mass is 19.3. The molecule has 1 aromatic heterocycles. The Bertz CT molecular complexity index is 381. The van der Waals surface area contributed by atoms with Gasteiger partial charge in [-0.25, -0.2) is 8.78 Å². The lowest BCUT2D eigenvalue weighted by Gasteiger charge is -2.08. The molecule has 0 aliphatic rings. The summed E-state index contributed by atoms with van der Waals surface area (Å²) in [5.74, 6) is 0.247. The van der Waals surface area contributed by atoms with Crippen molar-refractivity contribution in [3.63, 3.8) is 0 Å². The third kappa shape index (κ3) is 6.65. The van der Waals surface area contributed by atoms with Gasteiger partial charge in [0.1, 0.15) is 6.61 Å². The largest absolute Gasteiger partial charge is 0.463 e. The van der Waals surface area contributed by atoms with Crippen LogP contribution in [0.3, 0.4) is 0 Å². The van der Waals surface area contributed by atoms with E-state index in [2.05, 4.69) is 20.3 Å². The Morgan fingerprint density at radius 2 is 2.05 bits per heavy atom. The predicted molar refractivity (Wildman–Crippen MR) is 65.3 cm³/mol. The van der Waals surface area contributed by atoms with Gasteiger partial charge in [-0.15, -0.1) is 0 Å². The van der Waals surface area contributed by atoms with Gasteiger partial charge >= 0.3 is 6.01 Å². The first-order valence-corrected chi connectivity index (χ1v) is 5.86. The number of aromatic nitrogens is 3. The monoisotopic (exact) mass is 277 g/mol. The minimum absolute atomic E-state index is 0.0251. The molecule has 0 aromatic carbocycles. The van der Waals surface area contributed by atoms with E-state index in [4.69, 9.17) is 15.2 Å². The first-order valence-electron chi connectivity index (χ1n) is 5.86. The number of hydrogen-bond donors (Lipinski definition) is 2. The summed E-state index contributed by atoms with van der Waals surface area (Å²) in [4.78, 5) is 11.6. The van der Waals surface area contributed by atoms with E-state index in [0.29, 0.717) is 6.61 Å². The van der Waals surface area contributed by atoms with E-state index in [0.717, 1.165) is 6.42 Å². The number of alkyl halides is 2.